The van der Waals surface area contributed by atoms with Crippen LogP contribution >= 0.6 is 11.6 Å². The minimum Gasteiger partial charge on any atom is -0.495 e. The van der Waals surface area contributed by atoms with Crippen LogP contribution in [0.25, 0.3) is 11.0 Å². The molecule has 3 aromatic rings. The summed E-state index contributed by atoms with van der Waals surface area (Å²) in [6, 6.07) is 11.1. The zero-order valence-corrected chi connectivity index (χ0v) is 16.6. The topological polar surface area (TPSA) is 73.5 Å². The number of nitrogens with one attached hydrogen (secondary N) is 2. The van der Waals surface area contributed by atoms with Gasteiger partial charge in [-0.3, -0.25) is 0 Å². The number of imidazole rings is 1. The van der Waals surface area contributed by atoms with E-state index in [9.17, 15) is 4.79 Å². The summed E-state index contributed by atoms with van der Waals surface area (Å²) in [5.41, 5.74) is 3.74. The highest BCUT2D eigenvalue weighted by Crippen LogP contribution is 2.28. The van der Waals surface area contributed by atoms with Gasteiger partial charge in [0.15, 0.2) is 0 Å². The number of aromatic nitrogens is 2. The highest BCUT2D eigenvalue weighted by Gasteiger charge is 2.23. The second kappa shape index (κ2) is 7.59. The van der Waals surface area contributed by atoms with Gasteiger partial charge in [0.2, 0.25) is 5.95 Å². The first-order valence-corrected chi connectivity index (χ1v) is 9.52. The van der Waals surface area contributed by atoms with Crippen LogP contribution in [0.15, 0.2) is 36.4 Å². The molecule has 28 heavy (non-hydrogen) atoms. The Bertz CT molecular complexity index is 1010. The van der Waals surface area contributed by atoms with Crippen molar-refractivity contribution in [3.63, 3.8) is 0 Å². The van der Waals surface area contributed by atoms with Crippen LogP contribution in [-0.2, 0) is 0 Å². The van der Waals surface area contributed by atoms with E-state index >= 15 is 0 Å². The van der Waals surface area contributed by atoms with Crippen molar-refractivity contribution >= 4 is 40.3 Å². The number of rotatable bonds is 3. The van der Waals surface area contributed by atoms with Gasteiger partial charge in [-0.15, -0.1) is 0 Å². The van der Waals surface area contributed by atoms with Gasteiger partial charge < -0.3 is 24.8 Å². The van der Waals surface area contributed by atoms with Gasteiger partial charge in [0, 0.05) is 31.2 Å². The van der Waals surface area contributed by atoms with E-state index < -0.39 is 0 Å². The molecule has 0 saturated carbocycles. The van der Waals surface area contributed by atoms with Crippen molar-refractivity contribution in [1.82, 2.24) is 14.9 Å². The van der Waals surface area contributed by atoms with Crippen molar-refractivity contribution in [3.05, 3.63) is 47.0 Å². The number of ether oxygens (including phenoxy) is 1. The van der Waals surface area contributed by atoms with E-state index in [2.05, 4.69) is 39.2 Å². The lowest BCUT2D eigenvalue weighted by atomic mass is 10.2. The molecule has 2 aromatic carbocycles. The molecule has 2 heterocycles. The molecule has 0 radical (unpaired) electrons. The first kappa shape index (κ1) is 18.4. The van der Waals surface area contributed by atoms with Gasteiger partial charge in [0.1, 0.15) is 5.75 Å². The highest BCUT2D eigenvalue weighted by molar-refractivity contribution is 6.31. The van der Waals surface area contributed by atoms with E-state index in [0.29, 0.717) is 42.6 Å². The fourth-order valence-corrected chi connectivity index (χ4v) is 3.53. The summed E-state index contributed by atoms with van der Waals surface area (Å²) in [7, 11) is 1.56. The summed E-state index contributed by atoms with van der Waals surface area (Å²) in [5.74, 6) is 1.42. The molecule has 146 valence electrons. The second-order valence-corrected chi connectivity index (χ2v) is 7.27. The Morgan fingerprint density at radius 2 is 1.96 bits per heavy atom. The Kier molecular flexibility index (Phi) is 5.00. The third-order valence-corrected chi connectivity index (χ3v) is 5.13. The van der Waals surface area contributed by atoms with Crippen LogP contribution < -0.4 is 15.0 Å². The quantitative estimate of drug-likeness (QED) is 0.700. The molecule has 1 saturated heterocycles. The van der Waals surface area contributed by atoms with Crippen LogP contribution in [0.4, 0.5) is 16.4 Å². The smallest absolute Gasteiger partial charge is 0.322 e. The number of benzene rings is 2. The molecule has 0 bridgehead atoms. The lowest BCUT2D eigenvalue weighted by Gasteiger charge is -2.34. The Labute approximate surface area is 168 Å². The molecule has 7 nitrogen and oxygen atoms in total. The molecular formula is C20H22ClN5O2. The van der Waals surface area contributed by atoms with Crippen molar-refractivity contribution in [2.45, 2.75) is 6.92 Å². The first-order valence-electron chi connectivity index (χ1n) is 9.14. The van der Waals surface area contributed by atoms with Gasteiger partial charge in [-0.2, -0.15) is 0 Å². The molecule has 0 atom stereocenters. The van der Waals surface area contributed by atoms with Gasteiger partial charge in [-0.05, 0) is 42.8 Å². The van der Waals surface area contributed by atoms with Crippen LogP contribution in [-0.4, -0.2) is 54.2 Å². The molecule has 0 spiro atoms. The van der Waals surface area contributed by atoms with Crippen LogP contribution in [0.1, 0.15) is 5.56 Å². The number of urea groups is 1. The molecule has 1 aliphatic heterocycles. The lowest BCUT2D eigenvalue weighted by molar-refractivity contribution is 0.208. The molecule has 2 amide bonds. The van der Waals surface area contributed by atoms with Gasteiger partial charge >= 0.3 is 6.03 Å². The number of hydrogen-bond donors (Lipinski definition) is 2. The fraction of sp³-hybridized carbons (Fsp3) is 0.300. The minimum atomic E-state index is -0.166. The lowest BCUT2D eigenvalue weighted by Crippen LogP contribution is -2.50. The van der Waals surface area contributed by atoms with Crippen LogP contribution in [0.3, 0.4) is 0 Å². The Hall–Kier alpha value is -2.93. The average Bonchev–Trinajstić information content (AvgIpc) is 3.11. The van der Waals surface area contributed by atoms with Crippen molar-refractivity contribution in [3.8, 4) is 5.75 Å². The van der Waals surface area contributed by atoms with E-state index in [4.69, 9.17) is 16.3 Å². The SMILES string of the molecule is COc1ccc(Cl)cc1NC(=O)N1CCN(c2nc3ccc(C)cc3[nH]2)CC1. The number of anilines is 2. The van der Waals surface area contributed by atoms with Crippen molar-refractivity contribution in [2.24, 2.45) is 0 Å². The van der Waals surface area contributed by atoms with E-state index in [1.807, 2.05) is 6.07 Å². The predicted molar refractivity (Wildman–Crippen MR) is 112 cm³/mol. The molecule has 4 rings (SSSR count). The maximum atomic E-state index is 12.6. The molecule has 1 fully saturated rings. The van der Waals surface area contributed by atoms with Crippen molar-refractivity contribution < 1.29 is 9.53 Å². The number of carbonyl (C=O) groups excluding carboxylic acids is 1. The Morgan fingerprint density at radius 1 is 1.18 bits per heavy atom. The van der Waals surface area contributed by atoms with Crippen molar-refractivity contribution in [2.75, 3.05) is 43.5 Å². The Morgan fingerprint density at radius 3 is 2.71 bits per heavy atom. The summed E-state index contributed by atoms with van der Waals surface area (Å²) in [6.45, 7) is 4.68. The van der Waals surface area contributed by atoms with Crippen molar-refractivity contribution in [1.29, 1.82) is 0 Å². The number of aromatic amines is 1. The zero-order chi connectivity index (χ0) is 19.7. The molecule has 1 aromatic heterocycles. The number of halogens is 1. The normalized spacial score (nSPS) is 14.4. The van der Waals surface area contributed by atoms with Crippen LogP contribution in [0.5, 0.6) is 5.75 Å². The van der Waals surface area contributed by atoms with Gasteiger partial charge in [0.05, 0.1) is 23.8 Å². The van der Waals surface area contributed by atoms with E-state index in [0.717, 1.165) is 17.0 Å². The van der Waals surface area contributed by atoms with E-state index in [1.165, 1.54) is 5.56 Å². The molecule has 1 aliphatic rings. The molecule has 0 unspecified atom stereocenters. The summed E-state index contributed by atoms with van der Waals surface area (Å²) in [4.78, 5) is 24.6. The first-order chi connectivity index (χ1) is 13.5. The predicted octanol–water partition coefficient (Wildman–Crippen LogP) is 3.89. The summed E-state index contributed by atoms with van der Waals surface area (Å²) in [5, 5.41) is 3.43. The third-order valence-electron chi connectivity index (χ3n) is 4.89. The number of nitrogens with zero attached hydrogens (tertiary/aromatic N) is 3. The number of aryl methyl sites for hydroxylation is 1. The number of piperazine rings is 1. The summed E-state index contributed by atoms with van der Waals surface area (Å²) >= 11 is 6.04. The Balaban J connectivity index is 1.40. The number of H-pyrrole nitrogens is 1. The van der Waals surface area contributed by atoms with Crippen LogP contribution in [0.2, 0.25) is 5.02 Å². The fourth-order valence-electron chi connectivity index (χ4n) is 3.35. The minimum absolute atomic E-state index is 0.166. The number of hydrogen-bond acceptors (Lipinski definition) is 4. The van der Waals surface area contributed by atoms with Gasteiger partial charge in [-0.25, -0.2) is 9.78 Å². The van der Waals surface area contributed by atoms with Gasteiger partial charge in [-0.1, -0.05) is 17.7 Å². The van der Waals surface area contributed by atoms with E-state index in [-0.39, 0.29) is 6.03 Å². The molecule has 2 N–H and O–H groups in total. The number of methoxy groups -OCH3 is 1. The molecule has 0 aliphatic carbocycles. The standard InChI is InChI=1S/C20H22ClN5O2/c1-13-3-5-15-16(11-13)23-19(22-15)25-7-9-26(10-8-25)20(27)24-17-12-14(21)4-6-18(17)28-2/h3-6,11-12H,7-10H2,1-2H3,(H,22,23)(H,24,27). The maximum absolute atomic E-state index is 12.6. The summed E-state index contributed by atoms with van der Waals surface area (Å²) < 4.78 is 5.29. The maximum Gasteiger partial charge on any atom is 0.322 e. The van der Waals surface area contributed by atoms with Crippen LogP contribution in [0, 0.1) is 6.92 Å². The number of fused-ring (bicyclic) bond motifs is 1. The van der Waals surface area contributed by atoms with E-state index in [1.54, 1.807) is 30.2 Å². The largest absolute Gasteiger partial charge is 0.495 e. The average molecular weight is 400 g/mol. The third kappa shape index (κ3) is 3.71. The monoisotopic (exact) mass is 399 g/mol. The number of carbonyl (C=O) groups is 1. The van der Waals surface area contributed by atoms with Gasteiger partial charge in [0.25, 0.3) is 0 Å². The highest BCUT2D eigenvalue weighted by atomic mass is 35.5. The molecular weight excluding hydrogens is 378 g/mol. The zero-order valence-electron chi connectivity index (χ0n) is 15.8. The summed E-state index contributed by atoms with van der Waals surface area (Å²) in [6.07, 6.45) is 0. The second-order valence-electron chi connectivity index (χ2n) is 6.83. The number of amides is 2. The molecule has 8 heteroatoms.